The number of aromatic nitrogens is 2. The summed E-state index contributed by atoms with van der Waals surface area (Å²) in [6.07, 6.45) is 0.265. The van der Waals surface area contributed by atoms with Crippen LogP contribution in [0.1, 0.15) is 28.7 Å². The quantitative estimate of drug-likeness (QED) is 0.511. The second-order valence-corrected chi connectivity index (χ2v) is 2.97. The second-order valence-electron chi connectivity index (χ2n) is 2.21. The van der Waals surface area contributed by atoms with Crippen LogP contribution in [-0.2, 0) is 0 Å². The first-order valence-electron chi connectivity index (χ1n) is 3.47. The van der Waals surface area contributed by atoms with Crippen LogP contribution in [0.25, 0.3) is 0 Å². The van der Waals surface area contributed by atoms with Crippen LogP contribution in [-0.4, -0.2) is 15.4 Å². The Morgan fingerprint density at radius 3 is 2.92 bits per heavy atom. The topological polar surface area (TPSA) is 42.9 Å². The second kappa shape index (κ2) is 3.98. The third-order valence-corrected chi connectivity index (χ3v) is 2.20. The van der Waals surface area contributed by atoms with Crippen LogP contribution in [0.15, 0.2) is 0 Å². The van der Waals surface area contributed by atoms with Crippen molar-refractivity contribution in [3.8, 4) is 11.8 Å². The fourth-order valence-electron chi connectivity index (χ4n) is 0.736. The van der Waals surface area contributed by atoms with Crippen LogP contribution >= 0.6 is 11.5 Å². The zero-order valence-electron chi connectivity index (χ0n) is 6.92. The van der Waals surface area contributed by atoms with Crippen molar-refractivity contribution >= 4 is 17.3 Å². The summed E-state index contributed by atoms with van der Waals surface area (Å²) in [6.45, 7) is 3.49. The zero-order valence-corrected chi connectivity index (χ0v) is 7.73. The van der Waals surface area contributed by atoms with Gasteiger partial charge in [0.1, 0.15) is 4.88 Å². The van der Waals surface area contributed by atoms with Gasteiger partial charge in [-0.2, -0.15) is 0 Å². The van der Waals surface area contributed by atoms with Gasteiger partial charge < -0.3 is 0 Å². The Balaban J connectivity index is 2.76. The lowest BCUT2D eigenvalue weighted by molar-refractivity contribution is 0.100. The van der Waals surface area contributed by atoms with E-state index in [9.17, 15) is 4.79 Å². The largest absolute Gasteiger partial charge is 0.292 e. The molecular weight excluding hydrogens is 172 g/mol. The van der Waals surface area contributed by atoms with Crippen molar-refractivity contribution in [3.05, 3.63) is 10.6 Å². The molecule has 0 aliphatic carbocycles. The molecule has 0 bridgehead atoms. The van der Waals surface area contributed by atoms with Crippen LogP contribution in [0, 0.1) is 18.8 Å². The van der Waals surface area contributed by atoms with Gasteiger partial charge in [-0.05, 0) is 25.4 Å². The Morgan fingerprint density at radius 2 is 2.42 bits per heavy atom. The molecule has 0 fully saturated rings. The van der Waals surface area contributed by atoms with Crippen molar-refractivity contribution in [2.45, 2.75) is 20.3 Å². The molecule has 0 spiro atoms. The standard InChI is InChI=1S/C8H8N2OS/c1-3-4-5-7(11)8-6(2)9-10-12-8/h5H2,1-2H3. The summed E-state index contributed by atoms with van der Waals surface area (Å²) in [7, 11) is 0. The minimum absolute atomic E-state index is 0.0110. The molecule has 0 amide bonds. The number of carbonyl (C=O) groups excluding carboxylic acids is 1. The number of hydrogen-bond acceptors (Lipinski definition) is 4. The van der Waals surface area contributed by atoms with E-state index in [-0.39, 0.29) is 12.2 Å². The molecule has 1 heterocycles. The molecule has 0 N–H and O–H groups in total. The van der Waals surface area contributed by atoms with Crippen LogP contribution in [0.3, 0.4) is 0 Å². The summed E-state index contributed by atoms with van der Waals surface area (Å²) in [5.74, 6) is 5.40. The number of nitrogens with zero attached hydrogens (tertiary/aromatic N) is 2. The number of Topliss-reactive ketones (excluding diaryl/α,β-unsaturated/α-hetero) is 1. The Bertz CT molecular complexity index is 345. The van der Waals surface area contributed by atoms with E-state index in [0.29, 0.717) is 10.6 Å². The molecule has 0 aliphatic heterocycles. The average Bonchev–Trinajstić information content (AvgIpc) is 2.47. The molecule has 62 valence electrons. The maximum Gasteiger partial charge on any atom is 0.188 e. The molecule has 1 rings (SSSR count). The molecule has 1 aromatic heterocycles. The van der Waals surface area contributed by atoms with Crippen LogP contribution in [0.2, 0.25) is 0 Å². The Hall–Kier alpha value is -1.21. The summed E-state index contributed by atoms with van der Waals surface area (Å²) >= 11 is 1.13. The number of hydrogen-bond donors (Lipinski definition) is 0. The molecule has 0 aliphatic rings. The lowest BCUT2D eigenvalue weighted by atomic mass is 10.2. The normalized spacial score (nSPS) is 8.83. The first-order valence-corrected chi connectivity index (χ1v) is 4.24. The number of rotatable bonds is 2. The van der Waals surface area contributed by atoms with Crippen molar-refractivity contribution in [2.24, 2.45) is 0 Å². The van der Waals surface area contributed by atoms with E-state index in [1.54, 1.807) is 13.8 Å². The Labute approximate surface area is 75.0 Å². The van der Waals surface area contributed by atoms with Crippen molar-refractivity contribution < 1.29 is 4.79 Å². The van der Waals surface area contributed by atoms with E-state index >= 15 is 0 Å². The predicted octanol–water partition coefficient (Wildman–Crippen LogP) is 1.44. The Morgan fingerprint density at radius 1 is 1.67 bits per heavy atom. The van der Waals surface area contributed by atoms with Crippen molar-refractivity contribution in [3.63, 3.8) is 0 Å². The van der Waals surface area contributed by atoms with Gasteiger partial charge in [0, 0.05) is 0 Å². The maximum absolute atomic E-state index is 11.3. The molecule has 1 aromatic rings. The van der Waals surface area contributed by atoms with Crippen LogP contribution in [0.5, 0.6) is 0 Å². The van der Waals surface area contributed by atoms with Gasteiger partial charge in [0.15, 0.2) is 5.78 Å². The third kappa shape index (κ3) is 1.89. The van der Waals surface area contributed by atoms with Crippen molar-refractivity contribution in [2.75, 3.05) is 0 Å². The molecule has 0 saturated heterocycles. The smallest absolute Gasteiger partial charge is 0.188 e. The predicted molar refractivity (Wildman–Crippen MR) is 47.0 cm³/mol. The summed E-state index contributed by atoms with van der Waals surface area (Å²) in [6, 6.07) is 0. The highest BCUT2D eigenvalue weighted by Gasteiger charge is 2.10. The summed E-state index contributed by atoms with van der Waals surface area (Å²) in [5, 5.41) is 3.75. The summed E-state index contributed by atoms with van der Waals surface area (Å²) in [4.78, 5) is 11.9. The maximum atomic E-state index is 11.3. The first kappa shape index (κ1) is 8.88. The van der Waals surface area contributed by atoms with E-state index in [1.165, 1.54) is 0 Å². The number of ketones is 1. The van der Waals surface area contributed by atoms with Crippen molar-refractivity contribution in [1.29, 1.82) is 0 Å². The molecule has 0 atom stereocenters. The summed E-state index contributed by atoms with van der Waals surface area (Å²) < 4.78 is 3.67. The number of carbonyl (C=O) groups is 1. The number of aryl methyl sites for hydroxylation is 1. The molecule has 3 nitrogen and oxygen atoms in total. The third-order valence-electron chi connectivity index (χ3n) is 1.33. The lowest BCUT2D eigenvalue weighted by Gasteiger charge is -1.88. The first-order chi connectivity index (χ1) is 5.75. The fourth-order valence-corrected chi connectivity index (χ4v) is 1.33. The van der Waals surface area contributed by atoms with Gasteiger partial charge in [0.05, 0.1) is 12.1 Å². The molecule has 0 radical (unpaired) electrons. The monoisotopic (exact) mass is 180 g/mol. The SMILES string of the molecule is CC#CCC(=O)c1snnc1C. The van der Waals surface area contributed by atoms with Crippen LogP contribution in [0.4, 0.5) is 0 Å². The van der Waals surface area contributed by atoms with Gasteiger partial charge in [-0.3, -0.25) is 4.79 Å². The van der Waals surface area contributed by atoms with Gasteiger partial charge in [0.25, 0.3) is 0 Å². The van der Waals surface area contributed by atoms with Crippen LogP contribution < -0.4 is 0 Å². The lowest BCUT2D eigenvalue weighted by Crippen LogP contribution is -1.96. The van der Waals surface area contributed by atoms with Gasteiger partial charge in [-0.25, -0.2) is 0 Å². The van der Waals surface area contributed by atoms with E-state index < -0.39 is 0 Å². The molecule has 0 saturated carbocycles. The minimum atomic E-state index is 0.0110. The molecule has 0 unspecified atom stereocenters. The molecule has 12 heavy (non-hydrogen) atoms. The summed E-state index contributed by atoms with van der Waals surface area (Å²) in [5.41, 5.74) is 0.697. The van der Waals surface area contributed by atoms with E-state index in [1.807, 2.05) is 0 Å². The highest BCUT2D eigenvalue weighted by Crippen LogP contribution is 2.11. The molecule has 0 aromatic carbocycles. The van der Waals surface area contributed by atoms with E-state index in [0.717, 1.165) is 11.5 Å². The van der Waals surface area contributed by atoms with Gasteiger partial charge >= 0.3 is 0 Å². The van der Waals surface area contributed by atoms with Gasteiger partial charge in [-0.1, -0.05) is 10.4 Å². The highest BCUT2D eigenvalue weighted by atomic mass is 32.1. The Kier molecular flexibility index (Phi) is 2.94. The van der Waals surface area contributed by atoms with Gasteiger partial charge in [0.2, 0.25) is 0 Å². The van der Waals surface area contributed by atoms with E-state index in [2.05, 4.69) is 21.4 Å². The fraction of sp³-hybridized carbons (Fsp3) is 0.375. The van der Waals surface area contributed by atoms with E-state index in [4.69, 9.17) is 0 Å². The average molecular weight is 180 g/mol. The molecule has 4 heteroatoms. The zero-order chi connectivity index (χ0) is 8.97. The van der Waals surface area contributed by atoms with Gasteiger partial charge in [-0.15, -0.1) is 11.0 Å². The van der Waals surface area contributed by atoms with Crippen molar-refractivity contribution in [1.82, 2.24) is 9.59 Å². The molecular formula is C8H8N2OS. The highest BCUT2D eigenvalue weighted by molar-refractivity contribution is 7.08. The minimum Gasteiger partial charge on any atom is -0.292 e.